The standard InChI is InChI=1S/C21H31N3O3/c1-5-7-15(6-2)12-16-8-9-17(19(13-16)23(3)4)24(14-25)18-10-11-20(26)22-21(18)27/h8-9,13-15,18H,5-7,10-12H2,1-4H3,(H,22,26,27). The Balaban J connectivity index is 2.32. The summed E-state index contributed by atoms with van der Waals surface area (Å²) >= 11 is 0. The summed E-state index contributed by atoms with van der Waals surface area (Å²) in [4.78, 5) is 38.9. The number of amides is 3. The average Bonchev–Trinajstić information content (AvgIpc) is 2.64. The van der Waals surface area contributed by atoms with Crippen molar-refractivity contribution in [3.05, 3.63) is 23.8 Å². The average molecular weight is 373 g/mol. The summed E-state index contributed by atoms with van der Waals surface area (Å²) in [6.45, 7) is 4.43. The number of rotatable bonds is 9. The first kappa shape index (κ1) is 20.9. The van der Waals surface area contributed by atoms with Gasteiger partial charge in [-0.1, -0.05) is 39.2 Å². The van der Waals surface area contributed by atoms with Crippen LogP contribution in [0.1, 0.15) is 51.5 Å². The number of imide groups is 1. The summed E-state index contributed by atoms with van der Waals surface area (Å²) in [6, 6.07) is 5.41. The Hall–Kier alpha value is -2.37. The Bertz CT molecular complexity index is 687. The number of hydrogen-bond donors (Lipinski definition) is 1. The lowest BCUT2D eigenvalue weighted by atomic mass is 9.92. The minimum absolute atomic E-state index is 0.241. The van der Waals surface area contributed by atoms with Crippen LogP contribution in [0.5, 0.6) is 0 Å². The van der Waals surface area contributed by atoms with E-state index in [1.54, 1.807) is 0 Å². The fourth-order valence-electron chi connectivity index (χ4n) is 3.71. The van der Waals surface area contributed by atoms with Gasteiger partial charge < -0.3 is 9.80 Å². The van der Waals surface area contributed by atoms with Crippen molar-refractivity contribution in [1.82, 2.24) is 5.32 Å². The predicted octanol–water partition coefficient (Wildman–Crippen LogP) is 2.89. The molecule has 0 bridgehead atoms. The van der Waals surface area contributed by atoms with Crippen LogP contribution in [0.25, 0.3) is 0 Å². The molecule has 148 valence electrons. The Morgan fingerprint density at radius 1 is 1.22 bits per heavy atom. The molecule has 1 N–H and O–H groups in total. The first-order valence-corrected chi connectivity index (χ1v) is 9.78. The molecule has 2 unspecified atom stereocenters. The van der Waals surface area contributed by atoms with E-state index < -0.39 is 11.9 Å². The molecule has 1 aromatic rings. The van der Waals surface area contributed by atoms with Gasteiger partial charge in [0.05, 0.1) is 11.4 Å². The molecule has 1 saturated heterocycles. The molecule has 1 aliphatic heterocycles. The molecule has 0 spiro atoms. The molecule has 1 aliphatic rings. The second kappa shape index (κ2) is 9.53. The molecule has 2 rings (SSSR count). The number of nitrogens with zero attached hydrogens (tertiary/aromatic N) is 2. The molecule has 6 heteroatoms. The third-order valence-corrected chi connectivity index (χ3v) is 5.26. The van der Waals surface area contributed by atoms with Crippen LogP contribution >= 0.6 is 0 Å². The highest BCUT2D eigenvalue weighted by molar-refractivity contribution is 6.04. The maximum Gasteiger partial charge on any atom is 0.249 e. The van der Waals surface area contributed by atoms with Gasteiger partial charge in [0.2, 0.25) is 18.2 Å². The smallest absolute Gasteiger partial charge is 0.249 e. The Kier molecular flexibility index (Phi) is 7.39. The normalized spacial score (nSPS) is 18.0. The quantitative estimate of drug-likeness (QED) is 0.534. The van der Waals surface area contributed by atoms with E-state index in [9.17, 15) is 14.4 Å². The van der Waals surface area contributed by atoms with Gasteiger partial charge in [0.15, 0.2) is 0 Å². The highest BCUT2D eigenvalue weighted by atomic mass is 16.2. The van der Waals surface area contributed by atoms with Gasteiger partial charge in [-0.25, -0.2) is 0 Å². The maximum absolute atomic E-state index is 12.2. The second-order valence-corrected chi connectivity index (χ2v) is 7.46. The minimum Gasteiger partial charge on any atom is -0.376 e. The molecule has 0 aliphatic carbocycles. The van der Waals surface area contributed by atoms with Gasteiger partial charge in [-0.15, -0.1) is 0 Å². The van der Waals surface area contributed by atoms with Crippen LogP contribution in [-0.2, 0) is 20.8 Å². The van der Waals surface area contributed by atoms with Crippen molar-refractivity contribution in [2.75, 3.05) is 23.9 Å². The summed E-state index contributed by atoms with van der Waals surface area (Å²) in [5, 5.41) is 2.33. The first-order chi connectivity index (χ1) is 12.9. The van der Waals surface area contributed by atoms with Crippen LogP contribution < -0.4 is 15.1 Å². The SMILES string of the molecule is CCCC(CC)Cc1ccc(N(C=O)C2CCC(=O)NC2=O)c(N(C)C)c1. The van der Waals surface area contributed by atoms with Crippen molar-refractivity contribution in [3.8, 4) is 0 Å². The third-order valence-electron chi connectivity index (χ3n) is 5.26. The molecule has 1 aromatic carbocycles. The van der Waals surface area contributed by atoms with E-state index in [-0.39, 0.29) is 12.3 Å². The maximum atomic E-state index is 12.2. The minimum atomic E-state index is -0.659. The van der Waals surface area contributed by atoms with Crippen LogP contribution in [-0.4, -0.2) is 38.4 Å². The number of benzene rings is 1. The van der Waals surface area contributed by atoms with Crippen molar-refractivity contribution in [1.29, 1.82) is 0 Å². The van der Waals surface area contributed by atoms with E-state index >= 15 is 0 Å². The molecule has 0 saturated carbocycles. The largest absolute Gasteiger partial charge is 0.376 e. The van der Waals surface area contributed by atoms with Gasteiger partial charge in [-0.3, -0.25) is 19.7 Å². The zero-order valence-electron chi connectivity index (χ0n) is 16.8. The summed E-state index contributed by atoms with van der Waals surface area (Å²) in [5.74, 6) is -0.0545. The number of nitrogens with one attached hydrogen (secondary N) is 1. The van der Waals surface area contributed by atoms with Crippen molar-refractivity contribution >= 4 is 29.6 Å². The van der Waals surface area contributed by atoms with Gasteiger partial charge in [-0.05, 0) is 36.5 Å². The Labute approximate surface area is 161 Å². The number of carbonyl (C=O) groups excluding carboxylic acids is 3. The summed E-state index contributed by atoms with van der Waals surface area (Å²) < 4.78 is 0. The lowest BCUT2D eigenvalue weighted by Gasteiger charge is -2.32. The summed E-state index contributed by atoms with van der Waals surface area (Å²) in [7, 11) is 3.86. The number of hydrogen-bond acceptors (Lipinski definition) is 4. The lowest BCUT2D eigenvalue weighted by molar-refractivity contribution is -0.134. The van der Waals surface area contributed by atoms with Crippen molar-refractivity contribution in [2.45, 2.75) is 58.4 Å². The van der Waals surface area contributed by atoms with E-state index in [0.717, 1.165) is 18.5 Å². The molecule has 0 aromatic heterocycles. The Morgan fingerprint density at radius 2 is 1.96 bits per heavy atom. The molecular weight excluding hydrogens is 342 g/mol. The van der Waals surface area contributed by atoms with Gasteiger partial charge in [-0.2, -0.15) is 0 Å². The van der Waals surface area contributed by atoms with Crippen LogP contribution in [0.15, 0.2) is 18.2 Å². The Morgan fingerprint density at radius 3 is 2.52 bits per heavy atom. The highest BCUT2D eigenvalue weighted by Gasteiger charge is 2.33. The first-order valence-electron chi connectivity index (χ1n) is 9.78. The molecule has 6 nitrogen and oxygen atoms in total. The third kappa shape index (κ3) is 5.08. The van der Waals surface area contributed by atoms with Crippen LogP contribution in [0.3, 0.4) is 0 Å². The fraction of sp³-hybridized carbons (Fsp3) is 0.571. The van der Waals surface area contributed by atoms with Gasteiger partial charge in [0, 0.05) is 20.5 Å². The fourth-order valence-corrected chi connectivity index (χ4v) is 3.71. The van der Waals surface area contributed by atoms with E-state index in [1.807, 2.05) is 31.1 Å². The molecule has 2 atom stereocenters. The topological polar surface area (TPSA) is 69.7 Å². The molecule has 1 heterocycles. The molecular formula is C21H31N3O3. The van der Waals surface area contributed by atoms with Crippen molar-refractivity contribution in [2.24, 2.45) is 5.92 Å². The summed E-state index contributed by atoms with van der Waals surface area (Å²) in [5.41, 5.74) is 2.82. The van der Waals surface area contributed by atoms with E-state index in [0.29, 0.717) is 24.4 Å². The monoisotopic (exact) mass is 373 g/mol. The second-order valence-electron chi connectivity index (χ2n) is 7.46. The number of carbonyl (C=O) groups is 3. The van der Waals surface area contributed by atoms with Gasteiger partial charge in [0.1, 0.15) is 6.04 Å². The van der Waals surface area contributed by atoms with Crippen LogP contribution in [0.2, 0.25) is 0 Å². The predicted molar refractivity (Wildman–Crippen MR) is 108 cm³/mol. The van der Waals surface area contributed by atoms with Gasteiger partial charge in [0.25, 0.3) is 0 Å². The summed E-state index contributed by atoms with van der Waals surface area (Å²) in [6.07, 6.45) is 5.79. The molecule has 3 amide bonds. The molecule has 27 heavy (non-hydrogen) atoms. The number of piperidine rings is 1. The lowest BCUT2D eigenvalue weighted by Crippen LogP contribution is -2.52. The van der Waals surface area contributed by atoms with E-state index in [4.69, 9.17) is 0 Å². The van der Waals surface area contributed by atoms with E-state index in [2.05, 4.69) is 25.2 Å². The van der Waals surface area contributed by atoms with E-state index in [1.165, 1.54) is 23.3 Å². The molecule has 1 fully saturated rings. The van der Waals surface area contributed by atoms with Gasteiger partial charge >= 0.3 is 0 Å². The van der Waals surface area contributed by atoms with Crippen molar-refractivity contribution < 1.29 is 14.4 Å². The molecule has 0 radical (unpaired) electrons. The van der Waals surface area contributed by atoms with Crippen molar-refractivity contribution in [3.63, 3.8) is 0 Å². The highest BCUT2D eigenvalue weighted by Crippen LogP contribution is 2.32. The van der Waals surface area contributed by atoms with Crippen LogP contribution in [0, 0.1) is 5.92 Å². The number of anilines is 2. The zero-order chi connectivity index (χ0) is 20.0. The van der Waals surface area contributed by atoms with Crippen LogP contribution in [0.4, 0.5) is 11.4 Å². The zero-order valence-corrected chi connectivity index (χ0v) is 16.8.